The highest BCUT2D eigenvalue weighted by Crippen LogP contribution is 2.06. The van der Waals surface area contributed by atoms with E-state index < -0.39 is 12.1 Å². The molecule has 0 amide bonds. The Morgan fingerprint density at radius 3 is 2.72 bits per heavy atom. The zero-order valence-corrected chi connectivity index (χ0v) is 10.4. The molecule has 8 nitrogen and oxygen atoms in total. The molecule has 1 aromatic rings. The monoisotopic (exact) mass is 258 g/mol. The molecule has 1 unspecified atom stereocenters. The predicted molar refractivity (Wildman–Crippen MR) is 62.0 cm³/mol. The highest BCUT2D eigenvalue weighted by Gasteiger charge is 2.19. The van der Waals surface area contributed by atoms with Gasteiger partial charge in [0.1, 0.15) is 0 Å². The van der Waals surface area contributed by atoms with Crippen molar-refractivity contribution in [3.8, 4) is 0 Å². The van der Waals surface area contributed by atoms with Gasteiger partial charge in [-0.25, -0.2) is 9.48 Å². The molecule has 0 fully saturated rings. The second-order valence-electron chi connectivity index (χ2n) is 4.11. The van der Waals surface area contributed by atoms with Gasteiger partial charge in [0, 0.05) is 6.54 Å². The Morgan fingerprint density at radius 1 is 1.56 bits per heavy atom. The van der Waals surface area contributed by atoms with E-state index in [1.807, 2.05) is 13.8 Å². The fraction of sp³-hybridized carbons (Fsp3) is 0.700. The number of nitrogens with zero attached hydrogens (tertiary/aromatic N) is 3. The van der Waals surface area contributed by atoms with Crippen molar-refractivity contribution >= 4 is 5.97 Å². The van der Waals surface area contributed by atoms with Crippen LogP contribution in [0.3, 0.4) is 0 Å². The Hall–Kier alpha value is -1.51. The molecule has 0 aliphatic rings. The summed E-state index contributed by atoms with van der Waals surface area (Å²) in [7, 11) is 0. The van der Waals surface area contributed by atoms with Crippen LogP contribution in [0.2, 0.25) is 0 Å². The number of hydrogen-bond acceptors (Lipinski definition) is 6. The van der Waals surface area contributed by atoms with Gasteiger partial charge in [-0.1, -0.05) is 5.21 Å². The first-order chi connectivity index (χ1) is 8.45. The highest BCUT2D eigenvalue weighted by atomic mass is 16.5. The Balaban J connectivity index is 2.69. The van der Waals surface area contributed by atoms with E-state index in [2.05, 4.69) is 10.3 Å². The number of carboxylic acid groups (broad SMARTS) is 1. The van der Waals surface area contributed by atoms with Gasteiger partial charge in [0.2, 0.25) is 0 Å². The lowest BCUT2D eigenvalue weighted by molar-refractivity contribution is -0.00251. The van der Waals surface area contributed by atoms with Crippen molar-refractivity contribution < 1.29 is 19.7 Å². The summed E-state index contributed by atoms with van der Waals surface area (Å²) in [5.74, 6) is -1.19. The van der Waals surface area contributed by atoms with Crippen LogP contribution in [0.5, 0.6) is 0 Å². The molecule has 1 atom stereocenters. The zero-order valence-electron chi connectivity index (χ0n) is 10.4. The van der Waals surface area contributed by atoms with E-state index in [1.54, 1.807) is 0 Å². The van der Waals surface area contributed by atoms with Gasteiger partial charge in [-0.3, -0.25) is 0 Å². The summed E-state index contributed by atoms with van der Waals surface area (Å²) < 4.78 is 6.53. The number of ether oxygens (including phenoxy) is 1. The number of carboxylic acids is 1. The van der Waals surface area contributed by atoms with E-state index in [1.165, 1.54) is 4.68 Å². The number of hydrogen-bond donors (Lipinski definition) is 3. The number of carbonyl (C=O) groups is 1. The molecule has 8 heteroatoms. The molecule has 0 aromatic carbocycles. The van der Waals surface area contributed by atoms with E-state index in [9.17, 15) is 9.90 Å². The summed E-state index contributed by atoms with van der Waals surface area (Å²) >= 11 is 0. The molecule has 0 aliphatic carbocycles. The molecule has 0 saturated carbocycles. The first kappa shape index (κ1) is 14.6. The van der Waals surface area contributed by atoms with Crippen LogP contribution in [0, 0.1) is 0 Å². The second kappa shape index (κ2) is 6.43. The van der Waals surface area contributed by atoms with Crippen molar-refractivity contribution in [1.82, 2.24) is 15.0 Å². The maximum atomic E-state index is 10.8. The van der Waals surface area contributed by atoms with Crippen LogP contribution < -0.4 is 5.73 Å². The summed E-state index contributed by atoms with van der Waals surface area (Å²) in [6, 6.07) is 0. The van der Waals surface area contributed by atoms with Crippen LogP contribution in [-0.4, -0.2) is 50.0 Å². The summed E-state index contributed by atoms with van der Waals surface area (Å²) in [5, 5.41) is 25.8. The van der Waals surface area contributed by atoms with Crippen LogP contribution in [0.15, 0.2) is 0 Å². The number of aromatic nitrogens is 3. The van der Waals surface area contributed by atoms with Gasteiger partial charge >= 0.3 is 5.97 Å². The molecule has 102 valence electrons. The molecule has 4 N–H and O–H groups in total. The van der Waals surface area contributed by atoms with Gasteiger partial charge in [-0.2, -0.15) is 0 Å². The van der Waals surface area contributed by atoms with E-state index in [4.69, 9.17) is 15.6 Å². The van der Waals surface area contributed by atoms with Gasteiger partial charge in [0.25, 0.3) is 0 Å². The third-order valence-corrected chi connectivity index (χ3v) is 2.24. The van der Waals surface area contributed by atoms with Crippen molar-refractivity contribution in [2.24, 2.45) is 5.73 Å². The van der Waals surface area contributed by atoms with Crippen molar-refractivity contribution in [2.75, 3.05) is 6.61 Å². The summed E-state index contributed by atoms with van der Waals surface area (Å²) in [4.78, 5) is 10.8. The fourth-order valence-electron chi connectivity index (χ4n) is 1.40. The fourth-order valence-corrected chi connectivity index (χ4v) is 1.40. The van der Waals surface area contributed by atoms with Gasteiger partial charge < -0.3 is 20.7 Å². The van der Waals surface area contributed by atoms with Crippen molar-refractivity contribution in [2.45, 2.75) is 39.1 Å². The molecule has 1 rings (SSSR count). The molecule has 18 heavy (non-hydrogen) atoms. The maximum absolute atomic E-state index is 10.8. The molecule has 0 spiro atoms. The summed E-state index contributed by atoms with van der Waals surface area (Å²) in [6.07, 6.45) is -0.778. The van der Waals surface area contributed by atoms with Gasteiger partial charge in [0.05, 0.1) is 31.1 Å². The number of aliphatic hydroxyl groups excluding tert-OH is 1. The average molecular weight is 258 g/mol. The topological polar surface area (TPSA) is 123 Å². The quantitative estimate of drug-likeness (QED) is 0.586. The van der Waals surface area contributed by atoms with Gasteiger partial charge in [-0.15, -0.1) is 5.10 Å². The minimum absolute atomic E-state index is 0.00755. The zero-order chi connectivity index (χ0) is 13.7. The molecule has 0 bridgehead atoms. The largest absolute Gasteiger partial charge is 0.476 e. The Labute approximate surface area is 104 Å². The van der Waals surface area contributed by atoms with E-state index in [0.29, 0.717) is 0 Å². The molecule has 1 aromatic heterocycles. The van der Waals surface area contributed by atoms with Gasteiger partial charge in [0.15, 0.2) is 5.69 Å². The number of nitrogens with two attached hydrogens (primary N) is 1. The minimum Gasteiger partial charge on any atom is -0.476 e. The molecule has 0 aliphatic heterocycles. The van der Waals surface area contributed by atoms with Crippen LogP contribution in [0.4, 0.5) is 0 Å². The third-order valence-electron chi connectivity index (χ3n) is 2.24. The SMILES string of the molecule is CC(C)OCC(O)Cn1nnc(C(=O)O)c1CN. The third kappa shape index (κ3) is 3.76. The Bertz CT molecular complexity index is 405. The molecule has 0 radical (unpaired) electrons. The first-order valence-corrected chi connectivity index (χ1v) is 5.61. The van der Waals surface area contributed by atoms with Crippen LogP contribution in [0.25, 0.3) is 0 Å². The van der Waals surface area contributed by atoms with Crippen molar-refractivity contribution in [1.29, 1.82) is 0 Å². The van der Waals surface area contributed by atoms with Crippen LogP contribution >= 0.6 is 0 Å². The molecule has 0 saturated heterocycles. The minimum atomic E-state index is -1.19. The predicted octanol–water partition coefficient (Wildman–Crippen LogP) is -0.779. The lowest BCUT2D eigenvalue weighted by Gasteiger charge is -2.14. The molecular weight excluding hydrogens is 240 g/mol. The second-order valence-corrected chi connectivity index (χ2v) is 4.11. The summed E-state index contributed by atoms with van der Waals surface area (Å²) in [6.45, 7) is 3.95. The van der Waals surface area contributed by atoms with E-state index in [0.717, 1.165) is 0 Å². The maximum Gasteiger partial charge on any atom is 0.358 e. The Kier molecular flexibility index (Phi) is 5.20. The smallest absolute Gasteiger partial charge is 0.358 e. The molecule has 1 heterocycles. The number of aromatic carboxylic acids is 1. The average Bonchev–Trinajstić information content (AvgIpc) is 2.69. The van der Waals surface area contributed by atoms with Gasteiger partial charge in [-0.05, 0) is 13.8 Å². The lowest BCUT2D eigenvalue weighted by Crippen LogP contribution is -2.26. The highest BCUT2D eigenvalue weighted by molar-refractivity contribution is 5.86. The molecular formula is C10H18N4O4. The van der Waals surface area contributed by atoms with Crippen molar-refractivity contribution in [3.05, 3.63) is 11.4 Å². The lowest BCUT2D eigenvalue weighted by atomic mass is 10.3. The van der Waals surface area contributed by atoms with E-state index >= 15 is 0 Å². The standard InChI is InChI=1S/C10H18N4O4/c1-6(2)18-5-7(15)4-14-8(3-11)9(10(16)17)12-13-14/h6-7,15H,3-5,11H2,1-2H3,(H,16,17). The number of aliphatic hydroxyl groups is 1. The van der Waals surface area contributed by atoms with Crippen LogP contribution in [0.1, 0.15) is 30.0 Å². The summed E-state index contributed by atoms with van der Waals surface area (Å²) in [5.41, 5.74) is 5.55. The normalized spacial score (nSPS) is 12.9. The number of rotatable bonds is 7. The first-order valence-electron chi connectivity index (χ1n) is 5.61. The Morgan fingerprint density at radius 2 is 2.22 bits per heavy atom. The van der Waals surface area contributed by atoms with Crippen molar-refractivity contribution in [3.63, 3.8) is 0 Å². The van der Waals surface area contributed by atoms with E-state index in [-0.39, 0.29) is 37.2 Å². The van der Waals surface area contributed by atoms with Crippen LogP contribution in [-0.2, 0) is 17.8 Å².